The van der Waals surface area contributed by atoms with E-state index in [9.17, 15) is 14.9 Å². The molecule has 1 amide bonds. The molecule has 0 aromatic heterocycles. The molecule has 152 valence electrons. The molecule has 2 aromatic rings. The van der Waals surface area contributed by atoms with E-state index >= 15 is 0 Å². The van der Waals surface area contributed by atoms with Crippen LogP contribution in [0, 0.1) is 17.0 Å². The third-order valence-electron chi connectivity index (χ3n) is 4.44. The van der Waals surface area contributed by atoms with Crippen LogP contribution in [0.2, 0.25) is 5.02 Å². The molecule has 0 radical (unpaired) electrons. The highest BCUT2D eigenvalue weighted by atomic mass is 35.5. The average Bonchev–Trinajstić information content (AvgIpc) is 2.70. The van der Waals surface area contributed by atoms with Crippen LogP contribution in [0.1, 0.15) is 15.9 Å². The lowest BCUT2D eigenvalue weighted by Gasteiger charge is -2.28. The van der Waals surface area contributed by atoms with Gasteiger partial charge in [0.15, 0.2) is 5.11 Å². The molecule has 0 atom stereocenters. The van der Waals surface area contributed by atoms with Gasteiger partial charge in [-0.3, -0.25) is 20.2 Å². The van der Waals surface area contributed by atoms with E-state index in [0.29, 0.717) is 48.3 Å². The second kappa shape index (κ2) is 9.17. The molecule has 2 N–H and O–H groups in total. The van der Waals surface area contributed by atoms with Gasteiger partial charge in [0.1, 0.15) is 5.69 Å². The van der Waals surface area contributed by atoms with E-state index in [4.69, 9.17) is 28.6 Å². The van der Waals surface area contributed by atoms with Crippen molar-refractivity contribution in [3.63, 3.8) is 0 Å². The second-order valence-electron chi connectivity index (χ2n) is 6.43. The molecule has 1 aliphatic rings. The SMILES string of the molecule is Cc1ccc(C(=O)NC(=S)Nc2ccc(N3CCOCC3)c([N+](=O)[O-])c2)cc1Cl. The van der Waals surface area contributed by atoms with Crippen molar-refractivity contribution in [2.45, 2.75) is 6.92 Å². The Balaban J connectivity index is 1.71. The number of ether oxygens (including phenoxy) is 1. The Morgan fingerprint density at radius 1 is 1.24 bits per heavy atom. The second-order valence-corrected chi connectivity index (χ2v) is 7.25. The van der Waals surface area contributed by atoms with Crippen molar-refractivity contribution in [3.05, 3.63) is 62.7 Å². The fourth-order valence-electron chi connectivity index (χ4n) is 2.89. The molecule has 1 aliphatic heterocycles. The Bertz CT molecular complexity index is 963. The van der Waals surface area contributed by atoms with Gasteiger partial charge in [0, 0.05) is 35.4 Å². The molecule has 3 rings (SSSR count). The number of thiocarbonyl (C=S) groups is 1. The van der Waals surface area contributed by atoms with Crippen LogP contribution in [0.15, 0.2) is 36.4 Å². The number of benzene rings is 2. The van der Waals surface area contributed by atoms with Gasteiger partial charge >= 0.3 is 0 Å². The monoisotopic (exact) mass is 434 g/mol. The molecule has 1 fully saturated rings. The minimum absolute atomic E-state index is 0.0279. The predicted molar refractivity (Wildman–Crippen MR) is 116 cm³/mol. The van der Waals surface area contributed by atoms with E-state index in [1.807, 2.05) is 11.8 Å². The number of carbonyl (C=O) groups is 1. The number of amides is 1. The number of rotatable bonds is 4. The maximum atomic E-state index is 12.3. The van der Waals surface area contributed by atoms with E-state index in [-0.39, 0.29) is 10.8 Å². The third kappa shape index (κ3) is 5.20. The lowest BCUT2D eigenvalue weighted by Crippen LogP contribution is -2.36. The van der Waals surface area contributed by atoms with Crippen molar-refractivity contribution >= 4 is 51.9 Å². The molecule has 0 aliphatic carbocycles. The number of aryl methyl sites for hydroxylation is 1. The van der Waals surface area contributed by atoms with Gasteiger partial charge in [-0.25, -0.2) is 0 Å². The van der Waals surface area contributed by atoms with E-state index in [1.54, 1.807) is 30.3 Å². The van der Waals surface area contributed by atoms with Crippen LogP contribution in [-0.4, -0.2) is 42.2 Å². The number of halogens is 1. The fraction of sp³-hybridized carbons (Fsp3) is 0.263. The van der Waals surface area contributed by atoms with E-state index < -0.39 is 10.8 Å². The van der Waals surface area contributed by atoms with Gasteiger partial charge in [0.2, 0.25) is 0 Å². The summed E-state index contributed by atoms with van der Waals surface area (Å²) in [4.78, 5) is 25.3. The Kier molecular flexibility index (Phi) is 6.63. The molecule has 29 heavy (non-hydrogen) atoms. The molecule has 1 saturated heterocycles. The van der Waals surface area contributed by atoms with Crippen LogP contribution in [0.25, 0.3) is 0 Å². The van der Waals surface area contributed by atoms with Gasteiger partial charge in [0.25, 0.3) is 11.6 Å². The molecular formula is C19H19ClN4O4S. The number of nitro benzene ring substituents is 1. The van der Waals surface area contributed by atoms with Gasteiger partial charge in [-0.15, -0.1) is 0 Å². The first-order chi connectivity index (χ1) is 13.8. The summed E-state index contributed by atoms with van der Waals surface area (Å²) in [6.45, 7) is 4.05. The molecule has 0 spiro atoms. The number of carbonyl (C=O) groups excluding carboxylic acids is 1. The number of morpholine rings is 1. The number of anilines is 2. The summed E-state index contributed by atoms with van der Waals surface area (Å²) in [6.07, 6.45) is 0. The summed E-state index contributed by atoms with van der Waals surface area (Å²) < 4.78 is 5.30. The normalized spacial score (nSPS) is 13.7. The van der Waals surface area contributed by atoms with Crippen LogP contribution in [0.3, 0.4) is 0 Å². The van der Waals surface area contributed by atoms with Gasteiger partial charge in [-0.05, 0) is 49.0 Å². The molecule has 1 heterocycles. The van der Waals surface area contributed by atoms with Crippen LogP contribution < -0.4 is 15.5 Å². The first kappa shape index (κ1) is 21.0. The Morgan fingerprint density at radius 3 is 2.62 bits per heavy atom. The molecule has 8 nitrogen and oxygen atoms in total. The molecular weight excluding hydrogens is 416 g/mol. The topological polar surface area (TPSA) is 96.7 Å². The Hall–Kier alpha value is -2.75. The first-order valence-corrected chi connectivity index (χ1v) is 9.63. The molecule has 0 bridgehead atoms. The van der Waals surface area contributed by atoms with Crippen LogP contribution >= 0.6 is 23.8 Å². The maximum Gasteiger partial charge on any atom is 0.294 e. The zero-order chi connectivity index (χ0) is 21.0. The minimum Gasteiger partial charge on any atom is -0.378 e. The van der Waals surface area contributed by atoms with Crippen LogP contribution in [0.4, 0.5) is 17.1 Å². The first-order valence-electron chi connectivity index (χ1n) is 8.85. The highest BCUT2D eigenvalue weighted by Crippen LogP contribution is 2.31. The summed E-state index contributed by atoms with van der Waals surface area (Å²) >= 11 is 11.2. The summed E-state index contributed by atoms with van der Waals surface area (Å²) in [7, 11) is 0. The molecule has 0 saturated carbocycles. The maximum absolute atomic E-state index is 12.3. The van der Waals surface area contributed by atoms with Gasteiger partial charge in [0.05, 0.1) is 18.1 Å². The molecule has 0 unspecified atom stereocenters. The standard InChI is InChI=1S/C19H19ClN4O4S/c1-12-2-3-13(10-15(12)20)18(25)22-19(29)21-14-4-5-16(17(11-14)24(26)27)23-6-8-28-9-7-23/h2-5,10-11H,6-9H2,1H3,(H2,21,22,25,29). The van der Waals surface area contributed by atoms with Crippen molar-refractivity contribution < 1.29 is 14.5 Å². The van der Waals surface area contributed by atoms with Crippen LogP contribution in [-0.2, 0) is 4.74 Å². The fourth-order valence-corrected chi connectivity index (χ4v) is 3.28. The van der Waals surface area contributed by atoms with Crippen molar-refractivity contribution in [1.82, 2.24) is 5.32 Å². The summed E-state index contributed by atoms with van der Waals surface area (Å²) in [5.41, 5.74) is 2.10. The zero-order valence-corrected chi connectivity index (χ0v) is 17.2. The number of nitrogens with one attached hydrogen (secondary N) is 2. The smallest absolute Gasteiger partial charge is 0.294 e. The average molecular weight is 435 g/mol. The lowest BCUT2D eigenvalue weighted by molar-refractivity contribution is -0.384. The highest BCUT2D eigenvalue weighted by Gasteiger charge is 2.22. The number of hydrogen-bond acceptors (Lipinski definition) is 6. The van der Waals surface area contributed by atoms with Crippen molar-refractivity contribution in [3.8, 4) is 0 Å². The third-order valence-corrected chi connectivity index (χ3v) is 5.05. The molecule has 10 heteroatoms. The minimum atomic E-state index is -0.439. The largest absolute Gasteiger partial charge is 0.378 e. The Morgan fingerprint density at radius 2 is 1.97 bits per heavy atom. The van der Waals surface area contributed by atoms with Crippen molar-refractivity contribution in [2.24, 2.45) is 0 Å². The van der Waals surface area contributed by atoms with E-state index in [2.05, 4.69) is 10.6 Å². The summed E-state index contributed by atoms with van der Waals surface area (Å²) in [6, 6.07) is 9.67. The van der Waals surface area contributed by atoms with Gasteiger partial charge < -0.3 is 15.0 Å². The van der Waals surface area contributed by atoms with E-state index in [1.165, 1.54) is 6.07 Å². The summed E-state index contributed by atoms with van der Waals surface area (Å²) in [5, 5.41) is 17.4. The molecule has 2 aromatic carbocycles. The Labute approximate surface area is 177 Å². The highest BCUT2D eigenvalue weighted by molar-refractivity contribution is 7.80. The number of nitro groups is 1. The van der Waals surface area contributed by atoms with Gasteiger partial charge in [-0.2, -0.15) is 0 Å². The van der Waals surface area contributed by atoms with Crippen LogP contribution in [0.5, 0.6) is 0 Å². The van der Waals surface area contributed by atoms with Crippen molar-refractivity contribution in [2.75, 3.05) is 36.5 Å². The summed E-state index contributed by atoms with van der Waals surface area (Å²) in [5.74, 6) is -0.427. The number of nitrogens with zero attached hydrogens (tertiary/aromatic N) is 2. The zero-order valence-electron chi connectivity index (χ0n) is 15.6. The van der Waals surface area contributed by atoms with E-state index in [0.717, 1.165) is 5.56 Å². The quantitative estimate of drug-likeness (QED) is 0.431. The number of hydrogen-bond donors (Lipinski definition) is 2. The lowest BCUT2D eigenvalue weighted by atomic mass is 10.1. The predicted octanol–water partition coefficient (Wildman–Crippen LogP) is 3.52. The van der Waals surface area contributed by atoms with Crippen molar-refractivity contribution in [1.29, 1.82) is 0 Å². The van der Waals surface area contributed by atoms with Gasteiger partial charge in [-0.1, -0.05) is 17.7 Å².